The first-order valence-corrected chi connectivity index (χ1v) is 11.3. The Kier molecular flexibility index (Phi) is 16.5. The van der Waals surface area contributed by atoms with Crippen LogP contribution in [0.15, 0.2) is 12.2 Å². The number of hydrogen-bond donors (Lipinski definition) is 2. The molecule has 0 saturated heterocycles. The number of carbonyl (C=O) groups is 3. The maximum atomic E-state index is 12.8. The summed E-state index contributed by atoms with van der Waals surface area (Å²) in [5.41, 5.74) is 0.785. The van der Waals surface area contributed by atoms with Crippen LogP contribution >= 0.6 is 0 Å². The van der Waals surface area contributed by atoms with Gasteiger partial charge in [-0.25, -0.2) is 0 Å². The van der Waals surface area contributed by atoms with Crippen LogP contribution in [0, 0.1) is 17.8 Å². The van der Waals surface area contributed by atoms with E-state index in [1.165, 1.54) is 0 Å². The minimum atomic E-state index is -0.637. The van der Waals surface area contributed by atoms with Gasteiger partial charge in [-0.15, -0.1) is 0 Å². The molecule has 0 aliphatic heterocycles. The quantitative estimate of drug-likeness (QED) is 0.307. The van der Waals surface area contributed by atoms with E-state index < -0.39 is 12.1 Å². The molecular weight excluding hydrogens is 364 g/mol. The third-order valence-electron chi connectivity index (χ3n) is 4.81. The van der Waals surface area contributed by atoms with E-state index >= 15 is 0 Å². The molecule has 2 unspecified atom stereocenters. The van der Waals surface area contributed by atoms with E-state index in [4.69, 9.17) is 0 Å². The predicted molar refractivity (Wildman–Crippen MR) is 127 cm³/mol. The maximum absolute atomic E-state index is 12.8. The molecule has 5 nitrogen and oxygen atoms in total. The molecule has 2 N–H and O–H groups in total. The van der Waals surface area contributed by atoms with Crippen LogP contribution in [-0.4, -0.2) is 29.7 Å². The van der Waals surface area contributed by atoms with Crippen molar-refractivity contribution in [3.63, 3.8) is 0 Å². The molecule has 0 spiro atoms. The lowest BCUT2D eigenvalue weighted by Gasteiger charge is -2.27. The fourth-order valence-corrected chi connectivity index (χ4v) is 2.84. The minimum Gasteiger partial charge on any atom is -0.344 e. The third-order valence-corrected chi connectivity index (χ3v) is 4.81. The summed E-state index contributed by atoms with van der Waals surface area (Å²) in [7, 11) is 0. The molecule has 0 aliphatic carbocycles. The van der Waals surface area contributed by atoms with Gasteiger partial charge in [-0.05, 0) is 31.6 Å². The summed E-state index contributed by atoms with van der Waals surface area (Å²) in [6.07, 6.45) is 3.85. The van der Waals surface area contributed by atoms with Crippen LogP contribution in [0.1, 0.15) is 97.3 Å². The van der Waals surface area contributed by atoms with Gasteiger partial charge >= 0.3 is 0 Å². The van der Waals surface area contributed by atoms with Crippen molar-refractivity contribution < 1.29 is 17.2 Å². The second-order valence-electron chi connectivity index (χ2n) is 8.41. The van der Waals surface area contributed by atoms with Gasteiger partial charge in [0.25, 0.3) is 0 Å². The zero-order chi connectivity index (χ0) is 23.1. The number of rotatable bonds is 13. The Labute approximate surface area is 182 Å². The summed E-state index contributed by atoms with van der Waals surface area (Å²) >= 11 is 0. The van der Waals surface area contributed by atoms with Crippen molar-refractivity contribution >= 4 is 17.6 Å². The number of hydrogen-bond acceptors (Lipinski definition) is 3. The summed E-state index contributed by atoms with van der Waals surface area (Å²) in [6, 6.07) is -1.20. The molecular formula is C24H50N2O3. The van der Waals surface area contributed by atoms with Crippen molar-refractivity contribution in [2.24, 2.45) is 17.8 Å². The highest BCUT2D eigenvalue weighted by molar-refractivity contribution is 5.94. The Morgan fingerprint density at radius 2 is 1.52 bits per heavy atom. The molecule has 0 aromatic carbocycles. The number of amides is 2. The van der Waals surface area contributed by atoms with Gasteiger partial charge < -0.3 is 10.6 Å². The lowest BCUT2D eigenvalue weighted by Crippen LogP contribution is -2.54. The molecule has 0 bridgehead atoms. The van der Waals surface area contributed by atoms with E-state index in [0.29, 0.717) is 12.8 Å². The SMILES string of the molecule is C=C(C)C(C)C(=O)[C@H](CC(C)C)NC(=O)C(NC(=O)CCCCC)C(C)C.CC.[HH].[HH]. The van der Waals surface area contributed by atoms with Crippen molar-refractivity contribution in [2.45, 2.75) is 107 Å². The van der Waals surface area contributed by atoms with Crippen LogP contribution in [0.4, 0.5) is 0 Å². The molecule has 0 rings (SSSR count). The first kappa shape index (κ1) is 29.6. The van der Waals surface area contributed by atoms with Gasteiger partial charge in [-0.3, -0.25) is 14.4 Å². The zero-order valence-electron chi connectivity index (χ0n) is 20.4. The molecule has 0 radical (unpaired) electrons. The van der Waals surface area contributed by atoms with Gasteiger partial charge in [-0.2, -0.15) is 0 Å². The van der Waals surface area contributed by atoms with Crippen LogP contribution in [0.3, 0.4) is 0 Å². The smallest absolute Gasteiger partial charge is 0.243 e. The molecule has 3 atom stereocenters. The van der Waals surface area contributed by atoms with Gasteiger partial charge in [0, 0.05) is 15.2 Å². The largest absolute Gasteiger partial charge is 0.344 e. The minimum absolute atomic E-state index is 0. The number of carbonyl (C=O) groups excluding carboxylic acids is 3. The Morgan fingerprint density at radius 3 is 1.93 bits per heavy atom. The van der Waals surface area contributed by atoms with E-state index in [2.05, 4.69) is 24.1 Å². The van der Waals surface area contributed by atoms with Crippen molar-refractivity contribution in [1.29, 1.82) is 0 Å². The number of ketones is 1. The molecule has 2 amide bonds. The Morgan fingerprint density at radius 1 is 0.966 bits per heavy atom. The molecule has 0 heterocycles. The van der Waals surface area contributed by atoms with Crippen molar-refractivity contribution in [3.05, 3.63) is 12.2 Å². The van der Waals surface area contributed by atoms with Crippen LogP contribution < -0.4 is 10.6 Å². The van der Waals surface area contributed by atoms with Crippen molar-refractivity contribution in [1.82, 2.24) is 10.6 Å². The first-order chi connectivity index (χ1) is 13.5. The molecule has 0 aromatic heterocycles. The Hall–Kier alpha value is -1.65. The highest BCUT2D eigenvalue weighted by Crippen LogP contribution is 2.16. The molecule has 0 saturated carbocycles. The van der Waals surface area contributed by atoms with Crippen LogP contribution in [-0.2, 0) is 14.4 Å². The fourth-order valence-electron chi connectivity index (χ4n) is 2.84. The molecule has 0 fully saturated rings. The zero-order valence-corrected chi connectivity index (χ0v) is 20.4. The van der Waals surface area contributed by atoms with Gasteiger partial charge in [0.05, 0.1) is 6.04 Å². The van der Waals surface area contributed by atoms with Gasteiger partial charge in [-0.1, -0.05) is 80.4 Å². The van der Waals surface area contributed by atoms with E-state index in [-0.39, 0.29) is 38.2 Å². The van der Waals surface area contributed by atoms with E-state index in [1.54, 1.807) is 0 Å². The van der Waals surface area contributed by atoms with Gasteiger partial charge in [0.1, 0.15) is 6.04 Å². The second-order valence-corrected chi connectivity index (χ2v) is 8.41. The average Bonchev–Trinajstić information content (AvgIpc) is 2.65. The summed E-state index contributed by atoms with van der Waals surface area (Å²) in [4.78, 5) is 37.8. The Bertz CT molecular complexity index is 523. The average molecular weight is 415 g/mol. The number of unbranched alkanes of at least 4 members (excludes halogenated alkanes) is 2. The molecule has 5 heteroatoms. The molecule has 0 aromatic rings. The molecule has 0 aliphatic rings. The summed E-state index contributed by atoms with van der Waals surface area (Å²) < 4.78 is 0. The van der Waals surface area contributed by atoms with Gasteiger partial charge in [0.15, 0.2) is 5.78 Å². The first-order valence-electron chi connectivity index (χ1n) is 11.3. The van der Waals surface area contributed by atoms with Gasteiger partial charge in [0.2, 0.25) is 11.8 Å². The lowest BCUT2D eigenvalue weighted by molar-refractivity contribution is -0.133. The van der Waals surface area contributed by atoms with Crippen molar-refractivity contribution in [2.75, 3.05) is 0 Å². The topological polar surface area (TPSA) is 75.3 Å². The van der Waals surface area contributed by atoms with E-state index in [9.17, 15) is 14.4 Å². The monoisotopic (exact) mass is 414 g/mol. The number of allylic oxidation sites excluding steroid dienone is 1. The predicted octanol–water partition coefficient (Wildman–Crippen LogP) is 5.54. The summed E-state index contributed by atoms with van der Waals surface area (Å²) in [6.45, 7) is 21.4. The standard InChI is InChI=1S/C22H40N2O3.C2H6.2H2/c1-9-10-11-12-19(25)24-20(16(6)7)22(27)23-18(13-14(2)3)21(26)17(8)15(4)5;1-2;;/h14,16-18,20H,4,9-13H2,1-3,5-8H3,(H,23,27)(H,24,25);1-2H3;2*1H/t17?,18-,20?;;;/m0.../s1. The van der Waals surface area contributed by atoms with E-state index in [0.717, 1.165) is 24.8 Å². The van der Waals surface area contributed by atoms with Crippen LogP contribution in [0.2, 0.25) is 0 Å². The van der Waals surface area contributed by atoms with Crippen molar-refractivity contribution in [3.8, 4) is 0 Å². The highest BCUT2D eigenvalue weighted by atomic mass is 16.2. The lowest BCUT2D eigenvalue weighted by atomic mass is 9.89. The maximum Gasteiger partial charge on any atom is 0.243 e. The van der Waals surface area contributed by atoms with E-state index in [1.807, 2.05) is 55.4 Å². The number of nitrogens with one attached hydrogen (secondary N) is 2. The normalized spacial score (nSPS) is 13.8. The summed E-state index contributed by atoms with van der Waals surface area (Å²) in [5.74, 6) is -0.538. The Balaban J connectivity index is -0.000000882. The van der Waals surface area contributed by atoms with Crippen LogP contribution in [0.25, 0.3) is 0 Å². The number of Topliss-reactive ketones (excluding diaryl/α,β-unsaturated/α-hetero) is 1. The summed E-state index contributed by atoms with van der Waals surface area (Å²) in [5, 5.41) is 5.74. The van der Waals surface area contributed by atoms with Crippen LogP contribution in [0.5, 0.6) is 0 Å². The fraction of sp³-hybridized carbons (Fsp3) is 0.792. The molecule has 29 heavy (non-hydrogen) atoms. The molecule has 174 valence electrons. The highest BCUT2D eigenvalue weighted by Gasteiger charge is 2.31. The second kappa shape index (κ2) is 16.2. The third kappa shape index (κ3) is 12.5.